The lowest BCUT2D eigenvalue weighted by atomic mass is 9.89. The molecule has 0 saturated carbocycles. The summed E-state index contributed by atoms with van der Waals surface area (Å²) in [6.45, 7) is 22.0. The minimum Gasteiger partial charge on any atom is -0.299 e. The van der Waals surface area contributed by atoms with Gasteiger partial charge in [0.1, 0.15) is 0 Å². The molecule has 0 saturated heterocycles. The van der Waals surface area contributed by atoms with E-state index in [9.17, 15) is 9.59 Å². The largest absolute Gasteiger partial charge is 0.299 e. The zero-order chi connectivity index (χ0) is 24.8. The second kappa shape index (κ2) is 6.33. The van der Waals surface area contributed by atoms with E-state index in [1.807, 2.05) is 32.5 Å². The van der Waals surface area contributed by atoms with Crippen LogP contribution in [0, 0.1) is 13.8 Å². The molecule has 2 amide bonds. The molecular weight excluding hydrogens is 460 g/mol. The van der Waals surface area contributed by atoms with Crippen LogP contribution in [0.5, 0.6) is 0 Å². The van der Waals surface area contributed by atoms with Gasteiger partial charge in [0, 0.05) is 30.6 Å². The van der Waals surface area contributed by atoms with Crippen LogP contribution in [0.25, 0.3) is 11.4 Å². The second-order valence-corrected chi connectivity index (χ2v) is 14.3. The van der Waals surface area contributed by atoms with E-state index in [-0.39, 0.29) is 34.7 Å². The van der Waals surface area contributed by atoms with Crippen molar-refractivity contribution in [1.29, 1.82) is 0 Å². The molecular formula is C28H32N2O2S2. The first-order valence-electron chi connectivity index (χ1n) is 12.1. The lowest BCUT2D eigenvalue weighted by Gasteiger charge is -2.25. The summed E-state index contributed by atoms with van der Waals surface area (Å²) in [4.78, 5) is 37.0. The summed E-state index contributed by atoms with van der Waals surface area (Å²) < 4.78 is 0. The fourth-order valence-corrected chi connectivity index (χ4v) is 9.30. The lowest BCUT2D eigenvalue weighted by Crippen LogP contribution is -2.27. The van der Waals surface area contributed by atoms with E-state index in [1.165, 1.54) is 30.6 Å². The SMILES string of the molecule is Cc1c(C(C)(C)C)sc2c1C1=C3C(=O)N4C(=C3C(=O)N1C2C)c1c(sc(C(C)(C)C)c1C)C4C. The van der Waals surface area contributed by atoms with Crippen LogP contribution >= 0.6 is 22.7 Å². The molecule has 34 heavy (non-hydrogen) atoms. The van der Waals surface area contributed by atoms with Crippen LogP contribution in [0.15, 0.2) is 11.1 Å². The average Bonchev–Trinajstić information content (AvgIpc) is 3.47. The van der Waals surface area contributed by atoms with Gasteiger partial charge in [0.25, 0.3) is 11.8 Å². The molecule has 2 atom stereocenters. The van der Waals surface area contributed by atoms with Crippen molar-refractivity contribution in [2.45, 2.75) is 92.2 Å². The summed E-state index contributed by atoms with van der Waals surface area (Å²) in [5.41, 5.74) is 7.73. The monoisotopic (exact) mass is 492 g/mol. The molecule has 0 aliphatic carbocycles. The number of carbonyl (C=O) groups excluding carboxylic acids is 2. The van der Waals surface area contributed by atoms with Crippen molar-refractivity contribution in [3.8, 4) is 0 Å². The molecule has 0 aromatic carbocycles. The minimum absolute atomic E-state index is 0.00795. The number of fused-ring (bicyclic) bond motifs is 7. The van der Waals surface area contributed by atoms with Crippen LogP contribution in [0.4, 0.5) is 0 Å². The van der Waals surface area contributed by atoms with Crippen molar-refractivity contribution in [2.75, 3.05) is 0 Å². The van der Waals surface area contributed by atoms with Crippen LogP contribution in [-0.4, -0.2) is 21.6 Å². The van der Waals surface area contributed by atoms with E-state index in [2.05, 4.69) is 69.2 Å². The Balaban J connectivity index is 1.65. The number of carbonyl (C=O) groups is 2. The molecule has 2 aromatic rings. The molecule has 0 radical (unpaired) electrons. The molecule has 6 heteroatoms. The Morgan fingerprint density at radius 1 is 0.647 bits per heavy atom. The highest BCUT2D eigenvalue weighted by atomic mass is 32.1. The number of thiophene rings is 2. The van der Waals surface area contributed by atoms with Crippen LogP contribution in [0.3, 0.4) is 0 Å². The normalized spacial score (nSPS) is 23.4. The first-order valence-corrected chi connectivity index (χ1v) is 13.8. The van der Waals surface area contributed by atoms with Crippen molar-refractivity contribution in [3.05, 3.63) is 52.9 Å². The number of nitrogens with zero attached hydrogens (tertiary/aromatic N) is 2. The van der Waals surface area contributed by atoms with Gasteiger partial charge in [0.15, 0.2) is 0 Å². The molecule has 4 aliphatic rings. The van der Waals surface area contributed by atoms with Gasteiger partial charge in [-0.1, -0.05) is 41.5 Å². The highest BCUT2D eigenvalue weighted by Gasteiger charge is 2.58. The van der Waals surface area contributed by atoms with Gasteiger partial charge >= 0.3 is 0 Å². The third-order valence-electron chi connectivity index (χ3n) is 7.79. The van der Waals surface area contributed by atoms with Gasteiger partial charge in [0.05, 0.1) is 34.6 Å². The quantitative estimate of drug-likeness (QED) is 0.398. The van der Waals surface area contributed by atoms with Gasteiger partial charge in [0.2, 0.25) is 0 Å². The zero-order valence-electron chi connectivity index (χ0n) is 21.7. The highest BCUT2D eigenvalue weighted by Crippen LogP contribution is 2.62. The lowest BCUT2D eigenvalue weighted by molar-refractivity contribution is -0.125. The van der Waals surface area contributed by atoms with Gasteiger partial charge < -0.3 is 0 Å². The Morgan fingerprint density at radius 2 is 0.971 bits per heavy atom. The van der Waals surface area contributed by atoms with Crippen LogP contribution < -0.4 is 0 Å². The molecule has 0 fully saturated rings. The summed E-state index contributed by atoms with van der Waals surface area (Å²) >= 11 is 3.62. The average molecular weight is 493 g/mol. The van der Waals surface area contributed by atoms with E-state index in [1.54, 1.807) is 0 Å². The van der Waals surface area contributed by atoms with Gasteiger partial charge in [-0.15, -0.1) is 22.7 Å². The first kappa shape index (κ1) is 22.3. The Hall–Kier alpha value is -2.18. The van der Waals surface area contributed by atoms with Crippen LogP contribution in [0.2, 0.25) is 0 Å². The molecule has 178 valence electrons. The predicted molar refractivity (Wildman–Crippen MR) is 140 cm³/mol. The van der Waals surface area contributed by atoms with E-state index >= 15 is 0 Å². The van der Waals surface area contributed by atoms with Crippen LogP contribution in [-0.2, 0) is 20.4 Å². The van der Waals surface area contributed by atoms with E-state index < -0.39 is 0 Å². The predicted octanol–water partition coefficient (Wildman–Crippen LogP) is 6.98. The van der Waals surface area contributed by atoms with E-state index in [0.29, 0.717) is 11.1 Å². The molecule has 2 aromatic heterocycles. The molecule has 0 bridgehead atoms. The third kappa shape index (κ3) is 2.39. The number of amides is 2. The number of rotatable bonds is 0. The smallest absolute Gasteiger partial charge is 0.261 e. The molecule has 6 heterocycles. The fourth-order valence-electron chi connectivity index (χ4n) is 6.48. The summed E-state index contributed by atoms with van der Waals surface area (Å²) in [5.74, 6) is -0.0159. The molecule has 0 N–H and O–H groups in total. The zero-order valence-corrected chi connectivity index (χ0v) is 23.3. The maximum absolute atomic E-state index is 14.0. The fraction of sp³-hybridized carbons (Fsp3) is 0.500. The first-order chi connectivity index (χ1) is 15.7. The van der Waals surface area contributed by atoms with Crippen molar-refractivity contribution in [3.63, 3.8) is 0 Å². The molecule has 6 rings (SSSR count). The van der Waals surface area contributed by atoms with Crippen molar-refractivity contribution < 1.29 is 9.59 Å². The Labute approximate surface area is 210 Å². The van der Waals surface area contributed by atoms with Gasteiger partial charge in [-0.05, 0) is 49.7 Å². The maximum atomic E-state index is 14.0. The molecule has 0 spiro atoms. The Morgan fingerprint density at radius 3 is 1.26 bits per heavy atom. The maximum Gasteiger partial charge on any atom is 0.261 e. The van der Waals surface area contributed by atoms with Gasteiger partial charge in [-0.25, -0.2) is 0 Å². The standard InChI is InChI=1S/C28H32N2O2S2/c1-11-15-19-17-18(26(32)29(19)13(3)21(15)33-23(11)27(5,6)7)20-16-12(2)24(28(8,9)10)34-22(16)14(4)30(20)25(17)31/h13-14H,1-10H3. The van der Waals surface area contributed by atoms with Crippen molar-refractivity contribution in [1.82, 2.24) is 9.80 Å². The van der Waals surface area contributed by atoms with E-state index in [0.717, 1.165) is 22.5 Å². The van der Waals surface area contributed by atoms with Crippen molar-refractivity contribution >= 4 is 45.9 Å². The number of hydrogen-bond acceptors (Lipinski definition) is 4. The highest BCUT2D eigenvalue weighted by molar-refractivity contribution is 7.13. The Bertz CT molecular complexity index is 1310. The Kier molecular flexibility index (Phi) is 4.15. The number of hydrogen-bond donors (Lipinski definition) is 0. The summed E-state index contributed by atoms with van der Waals surface area (Å²) in [5, 5.41) is 0. The molecule has 4 nitrogen and oxygen atoms in total. The summed E-state index contributed by atoms with van der Waals surface area (Å²) in [7, 11) is 0. The van der Waals surface area contributed by atoms with Crippen LogP contribution in [0.1, 0.15) is 109 Å². The third-order valence-corrected chi connectivity index (χ3v) is 11.6. The van der Waals surface area contributed by atoms with Gasteiger partial charge in [-0.2, -0.15) is 0 Å². The summed E-state index contributed by atoms with van der Waals surface area (Å²) in [6, 6.07) is -0.0893. The van der Waals surface area contributed by atoms with Crippen molar-refractivity contribution in [2.24, 2.45) is 0 Å². The minimum atomic E-state index is -0.0447. The molecule has 4 aliphatic heterocycles. The van der Waals surface area contributed by atoms with E-state index in [4.69, 9.17) is 0 Å². The molecule has 2 unspecified atom stereocenters. The topological polar surface area (TPSA) is 40.6 Å². The summed E-state index contributed by atoms with van der Waals surface area (Å²) in [6.07, 6.45) is 0. The van der Waals surface area contributed by atoms with Gasteiger partial charge in [-0.3, -0.25) is 19.4 Å². The second-order valence-electron chi connectivity index (χ2n) is 12.2.